The van der Waals surface area contributed by atoms with Crippen LogP contribution in [0, 0.1) is 0 Å². The van der Waals surface area contributed by atoms with Crippen LogP contribution in [0.3, 0.4) is 0 Å². The predicted octanol–water partition coefficient (Wildman–Crippen LogP) is -1.06. The van der Waals surface area contributed by atoms with E-state index in [9.17, 15) is 8.42 Å². The first kappa shape index (κ1) is 14.8. The van der Waals surface area contributed by atoms with E-state index in [0.29, 0.717) is 6.42 Å². The quantitative estimate of drug-likeness (QED) is 0.469. The second-order valence-electron chi connectivity index (χ2n) is 3.29. The molecule has 0 aromatic heterocycles. The summed E-state index contributed by atoms with van der Waals surface area (Å²) in [6.45, 7) is 2.05. The maximum atomic E-state index is 10.5. The lowest BCUT2D eigenvalue weighted by Crippen LogP contribution is -2.42. The molecule has 3 N–H and O–H groups in total. The van der Waals surface area contributed by atoms with Gasteiger partial charge in [-0.15, -0.1) is 0 Å². The highest BCUT2D eigenvalue weighted by Gasteiger charge is 2.17. The first-order valence-electron chi connectivity index (χ1n) is 4.85. The van der Waals surface area contributed by atoms with E-state index in [1.165, 1.54) is 0 Å². The highest BCUT2D eigenvalue weighted by atomic mass is 32.2. The third-order valence-electron chi connectivity index (χ3n) is 2.22. The molecule has 15 heavy (non-hydrogen) atoms. The Morgan fingerprint density at radius 2 is 1.87 bits per heavy atom. The molecule has 0 aliphatic carbocycles. The Labute approximate surface area is 90.3 Å². The lowest BCUT2D eigenvalue weighted by Gasteiger charge is -2.28. The summed E-state index contributed by atoms with van der Waals surface area (Å²) in [5.41, 5.74) is 0. The summed E-state index contributed by atoms with van der Waals surface area (Å²) in [5, 5.41) is 17.8. The van der Waals surface area contributed by atoms with Gasteiger partial charge in [0, 0.05) is 19.1 Å². The van der Waals surface area contributed by atoms with Crippen LogP contribution < -0.4 is 0 Å². The Hall–Kier alpha value is -0.210. The van der Waals surface area contributed by atoms with Crippen molar-refractivity contribution in [2.45, 2.75) is 19.4 Å². The third-order valence-corrected chi connectivity index (χ3v) is 2.92. The minimum Gasteiger partial charge on any atom is -0.395 e. The monoisotopic (exact) mass is 241 g/mol. The second-order valence-corrected chi connectivity index (χ2v) is 4.86. The molecule has 0 aromatic carbocycles. The molecule has 0 amide bonds. The molecule has 0 aromatic rings. The van der Waals surface area contributed by atoms with E-state index < -0.39 is 10.1 Å². The van der Waals surface area contributed by atoms with Crippen molar-refractivity contribution in [3.05, 3.63) is 0 Å². The molecule has 0 bridgehead atoms. The van der Waals surface area contributed by atoms with Crippen molar-refractivity contribution in [2.75, 3.05) is 32.1 Å². The van der Waals surface area contributed by atoms with Crippen LogP contribution in [0.15, 0.2) is 0 Å². The molecule has 1 unspecified atom stereocenters. The molecule has 0 fully saturated rings. The van der Waals surface area contributed by atoms with E-state index in [4.69, 9.17) is 14.8 Å². The van der Waals surface area contributed by atoms with Crippen molar-refractivity contribution in [3.8, 4) is 0 Å². The standard InChI is InChI=1S/C8H19NO5S/c1-2-8(7-11)9(3-5-10)4-6-15(12,13)14/h8,10-11H,2-7H2,1H3,(H,12,13,14). The highest BCUT2D eigenvalue weighted by molar-refractivity contribution is 7.85. The summed E-state index contributed by atoms with van der Waals surface area (Å²) in [6.07, 6.45) is 0.655. The van der Waals surface area contributed by atoms with Crippen LogP contribution >= 0.6 is 0 Å². The molecule has 0 aliphatic rings. The van der Waals surface area contributed by atoms with Crippen molar-refractivity contribution in [3.63, 3.8) is 0 Å². The molecule has 0 aliphatic heterocycles. The van der Waals surface area contributed by atoms with E-state index >= 15 is 0 Å². The Morgan fingerprint density at radius 3 is 2.20 bits per heavy atom. The van der Waals surface area contributed by atoms with Gasteiger partial charge in [-0.05, 0) is 6.42 Å². The van der Waals surface area contributed by atoms with Crippen LogP contribution in [0.25, 0.3) is 0 Å². The van der Waals surface area contributed by atoms with Crippen molar-refractivity contribution in [2.24, 2.45) is 0 Å². The third kappa shape index (κ3) is 6.80. The van der Waals surface area contributed by atoms with Crippen molar-refractivity contribution < 1.29 is 23.2 Å². The highest BCUT2D eigenvalue weighted by Crippen LogP contribution is 2.03. The average Bonchev–Trinajstić information content (AvgIpc) is 2.14. The number of hydrogen-bond acceptors (Lipinski definition) is 5. The zero-order chi connectivity index (χ0) is 11.9. The molecule has 0 heterocycles. The molecule has 0 saturated heterocycles. The van der Waals surface area contributed by atoms with E-state index in [1.807, 2.05) is 6.92 Å². The summed E-state index contributed by atoms with van der Waals surface area (Å²) in [6, 6.07) is -0.182. The Kier molecular flexibility index (Phi) is 7.03. The molecule has 1 atom stereocenters. The van der Waals surface area contributed by atoms with Gasteiger partial charge in [-0.25, -0.2) is 0 Å². The van der Waals surface area contributed by atoms with E-state index in [2.05, 4.69) is 0 Å². The lowest BCUT2D eigenvalue weighted by molar-refractivity contribution is 0.104. The van der Waals surface area contributed by atoms with Crippen molar-refractivity contribution in [1.29, 1.82) is 0 Å². The van der Waals surface area contributed by atoms with Gasteiger partial charge in [-0.2, -0.15) is 8.42 Å². The summed E-state index contributed by atoms with van der Waals surface area (Å²) in [7, 11) is -3.99. The first-order chi connectivity index (χ1) is 6.94. The number of rotatable bonds is 8. The number of aliphatic hydroxyl groups is 2. The Balaban J connectivity index is 4.26. The normalized spacial score (nSPS) is 14.5. The molecule has 92 valence electrons. The average molecular weight is 241 g/mol. The van der Waals surface area contributed by atoms with Gasteiger partial charge in [0.15, 0.2) is 0 Å². The predicted molar refractivity (Wildman–Crippen MR) is 56.2 cm³/mol. The van der Waals surface area contributed by atoms with Crippen LogP contribution in [-0.2, 0) is 10.1 Å². The first-order valence-corrected chi connectivity index (χ1v) is 6.46. The molecule has 0 radical (unpaired) electrons. The maximum Gasteiger partial charge on any atom is 0.266 e. The maximum absolute atomic E-state index is 10.5. The molecule has 0 rings (SSSR count). The largest absolute Gasteiger partial charge is 0.395 e. The van der Waals surface area contributed by atoms with Gasteiger partial charge in [-0.1, -0.05) is 6.92 Å². The van der Waals surface area contributed by atoms with Crippen molar-refractivity contribution in [1.82, 2.24) is 4.90 Å². The molecule has 7 heteroatoms. The number of hydrogen-bond donors (Lipinski definition) is 3. The van der Waals surface area contributed by atoms with E-state index in [-0.39, 0.29) is 38.1 Å². The fourth-order valence-electron chi connectivity index (χ4n) is 1.34. The van der Waals surface area contributed by atoms with Crippen LogP contribution in [0.1, 0.15) is 13.3 Å². The van der Waals surface area contributed by atoms with Gasteiger partial charge in [0.05, 0.1) is 19.0 Å². The topological polar surface area (TPSA) is 98.1 Å². The van der Waals surface area contributed by atoms with Crippen LogP contribution in [0.4, 0.5) is 0 Å². The summed E-state index contributed by atoms with van der Waals surface area (Å²) in [5.74, 6) is -0.385. The molecule has 6 nitrogen and oxygen atoms in total. The van der Waals surface area contributed by atoms with E-state index in [0.717, 1.165) is 0 Å². The van der Waals surface area contributed by atoms with Gasteiger partial charge < -0.3 is 10.2 Å². The summed E-state index contributed by atoms with van der Waals surface area (Å²) < 4.78 is 29.7. The minimum absolute atomic E-state index is 0.0953. The van der Waals surface area contributed by atoms with Gasteiger partial charge in [0.1, 0.15) is 0 Å². The van der Waals surface area contributed by atoms with Crippen LogP contribution in [0.5, 0.6) is 0 Å². The minimum atomic E-state index is -3.99. The fourth-order valence-corrected chi connectivity index (χ4v) is 1.81. The fraction of sp³-hybridized carbons (Fsp3) is 1.00. The SMILES string of the molecule is CCC(CO)N(CCO)CCS(=O)(=O)O. The molecule has 0 spiro atoms. The van der Waals surface area contributed by atoms with Gasteiger partial charge in [0.25, 0.3) is 10.1 Å². The second kappa shape index (κ2) is 7.13. The number of nitrogens with zero attached hydrogens (tertiary/aromatic N) is 1. The molecular formula is C8H19NO5S. The Morgan fingerprint density at radius 1 is 1.27 bits per heavy atom. The number of aliphatic hydroxyl groups excluding tert-OH is 2. The van der Waals surface area contributed by atoms with Gasteiger partial charge >= 0.3 is 0 Å². The van der Waals surface area contributed by atoms with Crippen molar-refractivity contribution >= 4 is 10.1 Å². The van der Waals surface area contributed by atoms with E-state index in [1.54, 1.807) is 4.90 Å². The molecular weight excluding hydrogens is 222 g/mol. The van der Waals surface area contributed by atoms with Gasteiger partial charge in [-0.3, -0.25) is 9.45 Å². The zero-order valence-electron chi connectivity index (χ0n) is 8.83. The zero-order valence-corrected chi connectivity index (χ0v) is 9.65. The van der Waals surface area contributed by atoms with Crippen LogP contribution in [-0.4, -0.2) is 66.2 Å². The van der Waals surface area contributed by atoms with Gasteiger partial charge in [0.2, 0.25) is 0 Å². The smallest absolute Gasteiger partial charge is 0.266 e. The summed E-state index contributed by atoms with van der Waals surface area (Å²) in [4.78, 5) is 1.65. The van der Waals surface area contributed by atoms with Crippen LogP contribution in [0.2, 0.25) is 0 Å². The Bertz CT molecular complexity index is 250. The lowest BCUT2D eigenvalue weighted by atomic mass is 10.2. The summed E-state index contributed by atoms with van der Waals surface area (Å²) >= 11 is 0. The molecule has 0 saturated carbocycles.